The smallest absolute Gasteiger partial charge is 0.337 e. The van der Waals surface area contributed by atoms with Crippen LogP contribution in [0.15, 0.2) is 42.5 Å². The van der Waals surface area contributed by atoms with Crippen molar-refractivity contribution in [2.24, 2.45) is 0 Å². The van der Waals surface area contributed by atoms with Crippen LogP contribution in [-0.4, -0.2) is 16.9 Å². The molecular formula is C13H7NO4. The zero-order chi connectivity index (χ0) is 12.5. The number of carbonyl (C=O) groups is 2. The summed E-state index contributed by atoms with van der Waals surface area (Å²) in [5, 5.41) is 0.796. The number of carbonyl (C=O) groups excluding carboxylic acids is 2. The molecule has 0 saturated carbocycles. The van der Waals surface area contributed by atoms with E-state index in [9.17, 15) is 9.59 Å². The van der Waals surface area contributed by atoms with E-state index in [1.807, 2.05) is 18.2 Å². The fourth-order valence-electron chi connectivity index (χ4n) is 1.63. The van der Waals surface area contributed by atoms with Crippen molar-refractivity contribution in [1.82, 2.24) is 4.98 Å². The summed E-state index contributed by atoms with van der Waals surface area (Å²) in [6, 6.07) is 8.88. The summed E-state index contributed by atoms with van der Waals surface area (Å²) >= 11 is 0. The van der Waals surface area contributed by atoms with E-state index in [2.05, 4.69) is 4.98 Å². The number of hydrogen-bond donors (Lipinski definition) is 0. The molecule has 1 aromatic heterocycles. The Hall–Kier alpha value is -2.69. The summed E-state index contributed by atoms with van der Waals surface area (Å²) < 4.78 is 10.0. The average Bonchev–Trinajstić information content (AvgIpc) is 2.35. The number of benzene rings is 1. The van der Waals surface area contributed by atoms with Crippen LogP contribution in [0, 0.1) is 0 Å². The van der Waals surface area contributed by atoms with E-state index in [1.54, 1.807) is 12.1 Å². The summed E-state index contributed by atoms with van der Waals surface area (Å²) in [4.78, 5) is 26.8. The van der Waals surface area contributed by atoms with Crippen LogP contribution in [0.1, 0.15) is 0 Å². The second kappa shape index (κ2) is 3.96. The summed E-state index contributed by atoms with van der Waals surface area (Å²) in [7, 11) is 0. The van der Waals surface area contributed by atoms with Crippen molar-refractivity contribution < 1.29 is 19.1 Å². The molecule has 5 heteroatoms. The van der Waals surface area contributed by atoms with Crippen LogP contribution in [-0.2, 0) is 9.59 Å². The van der Waals surface area contributed by atoms with Crippen LogP contribution >= 0.6 is 0 Å². The lowest BCUT2D eigenvalue weighted by molar-refractivity contribution is -0.133. The molecule has 3 rings (SSSR count). The number of rotatable bonds is 0. The van der Waals surface area contributed by atoms with E-state index >= 15 is 0 Å². The standard InChI is InChI=1S/C13H7NO4/c15-11-5-6-12(16)18-13-10(17-11)7-8-3-1-2-4-9(8)14-13/h1-7H/b6-5+. The predicted octanol–water partition coefficient (Wildman–Crippen LogP) is 1.62. The molecule has 0 aliphatic carbocycles. The quantitative estimate of drug-likeness (QED) is 0.655. The zero-order valence-electron chi connectivity index (χ0n) is 9.12. The molecule has 88 valence electrons. The molecule has 1 aromatic carbocycles. The molecule has 0 bridgehead atoms. The highest BCUT2D eigenvalue weighted by atomic mass is 16.6. The zero-order valence-corrected chi connectivity index (χ0v) is 9.12. The second-order valence-electron chi connectivity index (χ2n) is 3.66. The third-order valence-corrected chi connectivity index (χ3v) is 2.42. The minimum Gasteiger partial charge on any atom is -0.418 e. The number of pyridine rings is 1. The summed E-state index contributed by atoms with van der Waals surface area (Å²) in [5.74, 6) is -1.16. The maximum atomic E-state index is 11.3. The van der Waals surface area contributed by atoms with Crippen molar-refractivity contribution in [2.45, 2.75) is 0 Å². The minimum atomic E-state index is -0.657. The normalized spacial score (nSPS) is 16.2. The van der Waals surface area contributed by atoms with Gasteiger partial charge in [-0.15, -0.1) is 0 Å². The van der Waals surface area contributed by atoms with Gasteiger partial charge >= 0.3 is 11.9 Å². The molecule has 2 aromatic rings. The third-order valence-electron chi connectivity index (χ3n) is 2.42. The number of ether oxygens (including phenoxy) is 2. The first-order valence-corrected chi connectivity index (χ1v) is 5.24. The average molecular weight is 241 g/mol. The van der Waals surface area contributed by atoms with E-state index in [4.69, 9.17) is 9.47 Å². The Bertz CT molecular complexity index is 632. The van der Waals surface area contributed by atoms with Gasteiger partial charge in [-0.25, -0.2) is 14.6 Å². The first-order valence-electron chi connectivity index (χ1n) is 5.24. The van der Waals surface area contributed by atoms with Gasteiger partial charge in [-0.2, -0.15) is 0 Å². The molecule has 0 unspecified atom stereocenters. The van der Waals surface area contributed by atoms with Gasteiger partial charge in [0.25, 0.3) is 5.88 Å². The van der Waals surface area contributed by atoms with E-state index in [1.165, 1.54) is 0 Å². The number of nitrogens with zero attached hydrogens (tertiary/aromatic N) is 1. The van der Waals surface area contributed by atoms with Gasteiger partial charge in [0.1, 0.15) is 0 Å². The van der Waals surface area contributed by atoms with Crippen LogP contribution in [0.3, 0.4) is 0 Å². The minimum absolute atomic E-state index is 0.00333. The van der Waals surface area contributed by atoms with Crippen molar-refractivity contribution in [3.8, 4) is 11.6 Å². The van der Waals surface area contributed by atoms with Crippen LogP contribution in [0.2, 0.25) is 0 Å². The summed E-state index contributed by atoms with van der Waals surface area (Å²) in [6.07, 6.45) is 2.02. The van der Waals surface area contributed by atoms with Crippen LogP contribution < -0.4 is 9.47 Å². The van der Waals surface area contributed by atoms with E-state index in [0.29, 0.717) is 5.52 Å². The van der Waals surface area contributed by atoms with Gasteiger partial charge in [0.05, 0.1) is 5.52 Å². The third kappa shape index (κ3) is 1.82. The maximum absolute atomic E-state index is 11.3. The Morgan fingerprint density at radius 1 is 0.944 bits per heavy atom. The van der Waals surface area contributed by atoms with Crippen molar-refractivity contribution in [3.63, 3.8) is 0 Å². The van der Waals surface area contributed by atoms with Gasteiger partial charge in [-0.05, 0) is 12.1 Å². The molecule has 5 nitrogen and oxygen atoms in total. The Labute approximate surface area is 102 Å². The van der Waals surface area contributed by atoms with Crippen molar-refractivity contribution in [1.29, 1.82) is 0 Å². The SMILES string of the molecule is O=C1/C=C/C(=O)Oc2nc3ccccc3cc2O1. The lowest BCUT2D eigenvalue weighted by atomic mass is 10.2. The maximum Gasteiger partial charge on any atom is 0.337 e. The molecule has 0 saturated heterocycles. The van der Waals surface area contributed by atoms with Gasteiger partial charge in [0, 0.05) is 17.5 Å². The van der Waals surface area contributed by atoms with Crippen LogP contribution in [0.4, 0.5) is 0 Å². The first kappa shape index (κ1) is 10.5. The number of fused-ring (bicyclic) bond motifs is 2. The van der Waals surface area contributed by atoms with E-state index in [-0.39, 0.29) is 11.6 Å². The lowest BCUT2D eigenvalue weighted by Crippen LogP contribution is -2.14. The Balaban J connectivity index is 2.20. The molecule has 0 fully saturated rings. The molecule has 0 N–H and O–H groups in total. The number of aromatic nitrogens is 1. The Kier molecular flexibility index (Phi) is 2.30. The highest BCUT2D eigenvalue weighted by Crippen LogP contribution is 2.30. The summed E-state index contributed by atoms with van der Waals surface area (Å²) in [5.41, 5.74) is 0.657. The number of para-hydroxylation sites is 1. The molecule has 0 spiro atoms. The number of esters is 2. The molecule has 0 radical (unpaired) electrons. The highest BCUT2D eigenvalue weighted by molar-refractivity contribution is 5.95. The van der Waals surface area contributed by atoms with Crippen molar-refractivity contribution in [3.05, 3.63) is 42.5 Å². The molecule has 1 aliphatic heterocycles. The van der Waals surface area contributed by atoms with Crippen molar-refractivity contribution in [2.75, 3.05) is 0 Å². The molecule has 18 heavy (non-hydrogen) atoms. The van der Waals surface area contributed by atoms with Gasteiger partial charge in [-0.3, -0.25) is 0 Å². The fraction of sp³-hybridized carbons (Fsp3) is 0. The lowest BCUT2D eigenvalue weighted by Gasteiger charge is -2.10. The van der Waals surface area contributed by atoms with E-state index in [0.717, 1.165) is 17.5 Å². The first-order chi connectivity index (χ1) is 8.72. The molecule has 0 atom stereocenters. The van der Waals surface area contributed by atoms with Crippen LogP contribution in [0.25, 0.3) is 10.9 Å². The Morgan fingerprint density at radius 2 is 1.67 bits per heavy atom. The predicted molar refractivity (Wildman–Crippen MR) is 62.2 cm³/mol. The molecule has 1 aliphatic rings. The molecule has 0 amide bonds. The largest absolute Gasteiger partial charge is 0.418 e. The van der Waals surface area contributed by atoms with E-state index < -0.39 is 11.9 Å². The van der Waals surface area contributed by atoms with Gasteiger partial charge in [-0.1, -0.05) is 18.2 Å². The summed E-state index contributed by atoms with van der Waals surface area (Å²) in [6.45, 7) is 0. The highest BCUT2D eigenvalue weighted by Gasteiger charge is 2.17. The molecule has 2 heterocycles. The van der Waals surface area contributed by atoms with Crippen LogP contribution in [0.5, 0.6) is 11.6 Å². The monoisotopic (exact) mass is 241 g/mol. The Morgan fingerprint density at radius 3 is 2.50 bits per heavy atom. The topological polar surface area (TPSA) is 65.5 Å². The molecular weight excluding hydrogens is 234 g/mol. The van der Waals surface area contributed by atoms with Gasteiger partial charge in [0.2, 0.25) is 0 Å². The van der Waals surface area contributed by atoms with Gasteiger partial charge in [0.15, 0.2) is 5.75 Å². The fourth-order valence-corrected chi connectivity index (χ4v) is 1.63. The second-order valence-corrected chi connectivity index (χ2v) is 3.66. The van der Waals surface area contributed by atoms with Crippen molar-refractivity contribution >= 4 is 22.8 Å². The number of hydrogen-bond acceptors (Lipinski definition) is 5. The van der Waals surface area contributed by atoms with Gasteiger partial charge < -0.3 is 9.47 Å².